The summed E-state index contributed by atoms with van der Waals surface area (Å²) in [6, 6.07) is 10.3. The number of hydrogen-bond acceptors (Lipinski definition) is 1. The molecule has 1 nitrogen and oxygen atoms in total. The first-order chi connectivity index (χ1) is 4.47. The van der Waals surface area contributed by atoms with Gasteiger partial charge in [-0.2, -0.15) is 0 Å². The van der Waals surface area contributed by atoms with Gasteiger partial charge in [-0.25, -0.2) is 0 Å². The van der Waals surface area contributed by atoms with Crippen LogP contribution < -0.4 is 0 Å². The first-order valence-electron chi connectivity index (χ1n) is 3.13. The van der Waals surface area contributed by atoms with Gasteiger partial charge in [-0.05, 0) is 5.56 Å². The fraction of sp³-hybridized carbons (Fsp3) is 0.250. The summed E-state index contributed by atoms with van der Waals surface area (Å²) >= 11 is 0. The zero-order chi connectivity index (χ0) is 6.10. The van der Waals surface area contributed by atoms with E-state index in [1.165, 1.54) is 5.56 Å². The fourth-order valence-electron chi connectivity index (χ4n) is 0.908. The van der Waals surface area contributed by atoms with Gasteiger partial charge in [-0.3, -0.25) is 0 Å². The van der Waals surface area contributed by atoms with Crippen LogP contribution in [0.5, 0.6) is 0 Å². The molecule has 2 heteroatoms. The molecular weight excluding hydrogens is 234 g/mol. The fourth-order valence-corrected chi connectivity index (χ4v) is 0.908. The van der Waals surface area contributed by atoms with Crippen LogP contribution in [0.1, 0.15) is 11.7 Å². The molecule has 2 rings (SSSR count). The van der Waals surface area contributed by atoms with E-state index in [0.29, 0.717) is 6.10 Å². The van der Waals surface area contributed by atoms with Crippen LogP contribution in [0.3, 0.4) is 0 Å². The molecule has 0 saturated carbocycles. The molecule has 0 amide bonds. The van der Waals surface area contributed by atoms with Gasteiger partial charge in [-0.1, -0.05) is 30.3 Å². The van der Waals surface area contributed by atoms with E-state index in [9.17, 15) is 0 Å². The minimum atomic E-state index is 0. The summed E-state index contributed by atoms with van der Waals surface area (Å²) in [7, 11) is 0. The Morgan fingerprint density at radius 3 is 2.30 bits per heavy atom. The van der Waals surface area contributed by atoms with E-state index >= 15 is 0 Å². The second-order valence-electron chi connectivity index (χ2n) is 2.23. The van der Waals surface area contributed by atoms with Crippen molar-refractivity contribution in [3.63, 3.8) is 0 Å². The summed E-state index contributed by atoms with van der Waals surface area (Å²) in [6.07, 6.45) is 0.409. The van der Waals surface area contributed by atoms with E-state index in [1.807, 2.05) is 18.2 Å². The topological polar surface area (TPSA) is 12.5 Å². The Kier molecular flexibility index (Phi) is 2.76. The van der Waals surface area contributed by atoms with Gasteiger partial charge in [0.15, 0.2) is 0 Å². The van der Waals surface area contributed by atoms with E-state index in [-0.39, 0.29) is 24.4 Å². The molecule has 0 N–H and O–H groups in total. The van der Waals surface area contributed by atoms with Crippen molar-refractivity contribution in [1.29, 1.82) is 0 Å². The van der Waals surface area contributed by atoms with Gasteiger partial charge in [0.05, 0.1) is 6.61 Å². The summed E-state index contributed by atoms with van der Waals surface area (Å²) < 4.78 is 5.09. The van der Waals surface area contributed by atoms with Crippen molar-refractivity contribution in [3.8, 4) is 0 Å². The van der Waals surface area contributed by atoms with Gasteiger partial charge >= 0.3 is 24.4 Å². The largest absolute Gasteiger partial charge is 0.368 e. The molecule has 0 spiro atoms. The quantitative estimate of drug-likeness (QED) is 0.520. The van der Waals surface area contributed by atoms with Crippen LogP contribution in [0.4, 0.5) is 0 Å². The van der Waals surface area contributed by atoms with E-state index < -0.39 is 0 Å². The average Bonchev–Trinajstić information content (AvgIpc) is 2.71. The average molecular weight is 245 g/mol. The minimum Gasteiger partial charge on any atom is -0.368 e. The van der Waals surface area contributed by atoms with Crippen molar-refractivity contribution in [2.24, 2.45) is 0 Å². The first-order valence-corrected chi connectivity index (χ1v) is 3.13. The van der Waals surface area contributed by atoms with Crippen molar-refractivity contribution in [3.05, 3.63) is 35.9 Å². The predicted molar refractivity (Wildman–Crippen MR) is 45.1 cm³/mol. The van der Waals surface area contributed by atoms with Crippen LogP contribution in [-0.2, 0) is 4.74 Å². The second kappa shape index (κ2) is 3.41. The molecular formula is C8H11OSb. The van der Waals surface area contributed by atoms with Crippen molar-refractivity contribution in [2.75, 3.05) is 6.61 Å². The predicted octanol–water partition coefficient (Wildman–Crippen LogP) is 0.574. The van der Waals surface area contributed by atoms with E-state index in [0.717, 1.165) is 6.61 Å². The smallest absolute Gasteiger partial charge is 0.106 e. The maximum atomic E-state index is 5.09. The van der Waals surface area contributed by atoms with Crippen molar-refractivity contribution < 1.29 is 4.74 Å². The standard InChI is InChI=1S/C8H8O.Sb.3H/c1-2-4-7(5-3-1)8-6-9-8;;;;/h1-5,8H,6H2;;;;. The Morgan fingerprint density at radius 1 is 1.20 bits per heavy atom. The van der Waals surface area contributed by atoms with Crippen LogP contribution in [-0.4, -0.2) is 31.0 Å². The normalized spacial score (nSPS) is 21.4. The number of benzene rings is 1. The monoisotopic (exact) mass is 244 g/mol. The van der Waals surface area contributed by atoms with Gasteiger partial charge in [0.1, 0.15) is 6.10 Å². The van der Waals surface area contributed by atoms with Crippen molar-refractivity contribution in [2.45, 2.75) is 6.10 Å². The Labute approximate surface area is 77.8 Å². The molecule has 1 unspecified atom stereocenters. The van der Waals surface area contributed by atoms with Crippen LogP contribution in [0.15, 0.2) is 30.3 Å². The Hall–Kier alpha value is -0.00182. The van der Waals surface area contributed by atoms with E-state index in [1.54, 1.807) is 0 Å². The van der Waals surface area contributed by atoms with E-state index in [2.05, 4.69) is 12.1 Å². The zero-order valence-corrected chi connectivity index (χ0v) is 9.82. The molecule has 1 aliphatic heterocycles. The third-order valence-corrected chi connectivity index (χ3v) is 1.50. The molecule has 54 valence electrons. The number of ether oxygens (including phenoxy) is 1. The molecule has 10 heavy (non-hydrogen) atoms. The summed E-state index contributed by atoms with van der Waals surface area (Å²) in [5, 5.41) is 0. The van der Waals surface area contributed by atoms with Gasteiger partial charge in [0.2, 0.25) is 0 Å². The molecule has 1 heterocycles. The van der Waals surface area contributed by atoms with Crippen LogP contribution in [0, 0.1) is 0 Å². The zero-order valence-electron chi connectivity index (χ0n) is 5.79. The number of epoxide rings is 1. The summed E-state index contributed by atoms with van der Waals surface area (Å²) in [4.78, 5) is 0. The maximum absolute atomic E-state index is 5.09. The number of hydrogen-bond donors (Lipinski definition) is 0. The SMILES string of the molecule is [SbH3].c1ccc(C2CO2)cc1. The molecule has 0 radical (unpaired) electrons. The van der Waals surface area contributed by atoms with Crippen LogP contribution >= 0.6 is 0 Å². The molecule has 0 aromatic heterocycles. The van der Waals surface area contributed by atoms with Gasteiger partial charge in [0.25, 0.3) is 0 Å². The Balaban J connectivity index is 0.000000500. The molecule has 1 saturated heterocycles. The molecule has 1 fully saturated rings. The summed E-state index contributed by atoms with van der Waals surface area (Å²) in [5.41, 5.74) is 1.30. The minimum absolute atomic E-state index is 0. The Morgan fingerprint density at radius 2 is 1.80 bits per heavy atom. The van der Waals surface area contributed by atoms with Gasteiger partial charge < -0.3 is 4.74 Å². The van der Waals surface area contributed by atoms with Gasteiger partial charge in [0, 0.05) is 0 Å². The molecule has 1 aromatic rings. The molecule has 1 aliphatic rings. The van der Waals surface area contributed by atoms with Crippen molar-refractivity contribution in [1.82, 2.24) is 0 Å². The molecule has 1 atom stereocenters. The second-order valence-corrected chi connectivity index (χ2v) is 2.23. The van der Waals surface area contributed by atoms with Gasteiger partial charge in [-0.15, -0.1) is 0 Å². The number of rotatable bonds is 1. The van der Waals surface area contributed by atoms with Crippen molar-refractivity contribution >= 4 is 24.4 Å². The Bertz CT molecular complexity index is 194. The summed E-state index contributed by atoms with van der Waals surface area (Å²) in [5.74, 6) is 0. The maximum Gasteiger partial charge on any atom is 0.106 e. The summed E-state index contributed by atoms with van der Waals surface area (Å²) in [6.45, 7) is 0.907. The van der Waals surface area contributed by atoms with Crippen LogP contribution in [0.25, 0.3) is 0 Å². The first kappa shape index (κ1) is 8.10. The molecule has 0 bridgehead atoms. The van der Waals surface area contributed by atoms with Crippen LogP contribution in [0.2, 0.25) is 0 Å². The molecule has 1 aromatic carbocycles. The van der Waals surface area contributed by atoms with E-state index in [4.69, 9.17) is 4.74 Å². The molecule has 0 aliphatic carbocycles. The third-order valence-electron chi connectivity index (χ3n) is 1.50. The third kappa shape index (κ3) is 1.74.